The van der Waals surface area contributed by atoms with Crippen LogP contribution in [0.4, 0.5) is 34.1 Å². The minimum atomic E-state index is -2.37. The Balaban J connectivity index is 1.30. The second-order valence-electron chi connectivity index (χ2n) is 26.5. The quantitative estimate of drug-likeness (QED) is 0.162. The summed E-state index contributed by atoms with van der Waals surface area (Å²) in [6.07, 6.45) is 5.53. The molecular formula is C65H77BN2. The van der Waals surface area contributed by atoms with E-state index in [2.05, 4.69) is 218 Å². The normalized spacial score (nSPS) is 21.3. The van der Waals surface area contributed by atoms with Crippen molar-refractivity contribution in [2.24, 2.45) is 0 Å². The maximum absolute atomic E-state index is 9.29. The Bertz CT molecular complexity index is 3240. The number of benzene rings is 6. The van der Waals surface area contributed by atoms with Gasteiger partial charge in [-0.25, -0.2) is 0 Å². The van der Waals surface area contributed by atoms with Gasteiger partial charge in [-0.1, -0.05) is 158 Å². The highest BCUT2D eigenvalue weighted by atomic mass is 15.2. The van der Waals surface area contributed by atoms with Crippen LogP contribution in [0, 0.1) is 20.7 Å². The monoisotopic (exact) mass is 900 g/mol. The fraction of sp³-hybridized carbons (Fsp3) is 0.446. The molecule has 0 saturated heterocycles. The minimum Gasteiger partial charge on any atom is -0.311 e. The van der Waals surface area contributed by atoms with Crippen LogP contribution in [0.3, 0.4) is 0 Å². The molecule has 6 aromatic rings. The second-order valence-corrected chi connectivity index (χ2v) is 26.5. The Morgan fingerprint density at radius 3 is 1.59 bits per heavy atom. The van der Waals surface area contributed by atoms with Crippen LogP contribution in [0.15, 0.2) is 97.1 Å². The molecule has 0 unspecified atom stereocenters. The molecule has 0 N–H and O–H groups in total. The molecule has 0 bridgehead atoms. The summed E-state index contributed by atoms with van der Waals surface area (Å²) in [7, 11) is 0. The molecule has 6 aromatic carbocycles. The molecule has 0 amide bonds. The van der Waals surface area contributed by atoms with Crippen LogP contribution in [-0.2, 0) is 37.9 Å². The largest absolute Gasteiger partial charge is 0.311 e. The number of anilines is 6. The average Bonchev–Trinajstić information content (AvgIpc) is 3.49. The molecule has 2 heterocycles. The number of nitrogens with zero attached hydrogens (tertiary/aromatic N) is 2. The van der Waals surface area contributed by atoms with Gasteiger partial charge in [-0.15, -0.1) is 0 Å². The van der Waals surface area contributed by atoms with Crippen molar-refractivity contribution in [2.75, 3.05) is 9.80 Å². The second kappa shape index (κ2) is 14.3. The topological polar surface area (TPSA) is 6.48 Å². The van der Waals surface area contributed by atoms with Gasteiger partial charge in [0.05, 0.1) is 0 Å². The first-order valence-corrected chi connectivity index (χ1v) is 25.9. The molecule has 11 rings (SSSR count). The zero-order chi connectivity index (χ0) is 51.1. The van der Waals surface area contributed by atoms with E-state index in [0.717, 1.165) is 60.5 Å². The predicted octanol–water partition coefficient (Wildman–Crippen LogP) is 15.7. The fourth-order valence-electron chi connectivity index (χ4n) is 14.6. The third-order valence-corrected chi connectivity index (χ3v) is 18.6. The van der Waals surface area contributed by atoms with Crippen LogP contribution >= 0.6 is 0 Å². The average molecular weight is 900 g/mol. The highest BCUT2D eigenvalue weighted by Crippen LogP contribution is 2.56. The Labute approximate surface area is 415 Å². The van der Waals surface area contributed by atoms with E-state index in [1.807, 2.05) is 0 Å². The van der Waals surface area contributed by atoms with Crippen LogP contribution in [-0.4, -0.2) is 6.71 Å². The minimum absolute atomic E-state index is 0.0223. The summed E-state index contributed by atoms with van der Waals surface area (Å²) in [5.41, 5.74) is 23.7. The van der Waals surface area contributed by atoms with Crippen molar-refractivity contribution in [1.82, 2.24) is 0 Å². The van der Waals surface area contributed by atoms with Crippen LogP contribution in [0.5, 0.6) is 0 Å². The third kappa shape index (κ3) is 6.41. The van der Waals surface area contributed by atoms with Gasteiger partial charge in [-0.3, -0.25) is 0 Å². The maximum atomic E-state index is 9.29. The molecule has 0 atom stereocenters. The lowest BCUT2D eigenvalue weighted by Gasteiger charge is -2.48. The van der Waals surface area contributed by atoms with Crippen LogP contribution in [0.25, 0.3) is 0 Å². The number of fused-ring (bicyclic) bond motifs is 7. The standard InChI is InChI=1S/C65H77BN2/c1-39-31-55-58-56(32-39)68(52-36-47-45(33-40(52)2)59(4,5)27-29-61(47,8)9)54-37-48-46(60(6,7)28-30-62(48,10)11)35-50(54)66(58)49-25-23-43(65(16,17)42-21-19-18-20-22-42)34-53(49)67(55)51-26-24-44-57(41(51)3)64(14,15)38-63(44,12)13/h18-26,31-37H,27-30,38H2,1-17H3/i1D3. The van der Waals surface area contributed by atoms with E-state index in [-0.39, 0.29) is 44.6 Å². The smallest absolute Gasteiger partial charge is 0.252 e. The summed E-state index contributed by atoms with van der Waals surface area (Å²) in [6.45, 7) is 35.8. The van der Waals surface area contributed by atoms with E-state index in [9.17, 15) is 4.11 Å². The molecule has 68 heavy (non-hydrogen) atoms. The van der Waals surface area contributed by atoms with Gasteiger partial charge in [0.15, 0.2) is 0 Å². The molecule has 2 aliphatic heterocycles. The molecular weight excluding hydrogens is 820 g/mol. The summed E-state index contributed by atoms with van der Waals surface area (Å²) in [5, 5.41) is 0. The summed E-state index contributed by atoms with van der Waals surface area (Å²) in [4.78, 5) is 5.03. The van der Waals surface area contributed by atoms with E-state index in [4.69, 9.17) is 0 Å². The molecule has 0 saturated carbocycles. The van der Waals surface area contributed by atoms with Gasteiger partial charge >= 0.3 is 0 Å². The van der Waals surface area contributed by atoms with Crippen molar-refractivity contribution in [1.29, 1.82) is 0 Å². The van der Waals surface area contributed by atoms with E-state index in [0.29, 0.717) is 5.56 Å². The van der Waals surface area contributed by atoms with Gasteiger partial charge in [0.2, 0.25) is 0 Å². The summed E-state index contributed by atoms with van der Waals surface area (Å²) in [5.74, 6) is 0. The molecule has 0 spiro atoms. The molecule has 3 aliphatic carbocycles. The fourth-order valence-corrected chi connectivity index (χ4v) is 14.6. The molecule has 0 fully saturated rings. The molecule has 0 radical (unpaired) electrons. The van der Waals surface area contributed by atoms with Crippen molar-refractivity contribution < 1.29 is 4.11 Å². The zero-order valence-electron chi connectivity index (χ0n) is 47.2. The number of hydrogen-bond acceptors (Lipinski definition) is 2. The number of aryl methyl sites for hydroxylation is 2. The van der Waals surface area contributed by atoms with Crippen LogP contribution in [0.2, 0.25) is 0 Å². The lowest BCUT2D eigenvalue weighted by atomic mass is 9.33. The van der Waals surface area contributed by atoms with E-state index in [1.54, 1.807) is 0 Å². The van der Waals surface area contributed by atoms with Gasteiger partial charge in [0, 0.05) is 43.7 Å². The van der Waals surface area contributed by atoms with Crippen molar-refractivity contribution in [3.05, 3.63) is 158 Å². The molecule has 5 aliphatic rings. The molecule has 350 valence electrons. The summed E-state index contributed by atoms with van der Waals surface area (Å²) >= 11 is 0. The third-order valence-electron chi connectivity index (χ3n) is 18.6. The van der Waals surface area contributed by atoms with E-state index < -0.39 is 6.85 Å². The van der Waals surface area contributed by atoms with Gasteiger partial charge in [-0.05, 0) is 199 Å². The Kier molecular flexibility index (Phi) is 8.81. The lowest BCUT2D eigenvalue weighted by molar-refractivity contribution is 0.331. The lowest BCUT2D eigenvalue weighted by Crippen LogP contribution is -2.62. The highest BCUT2D eigenvalue weighted by molar-refractivity contribution is 7.00. The van der Waals surface area contributed by atoms with Crippen molar-refractivity contribution in [3.63, 3.8) is 0 Å². The van der Waals surface area contributed by atoms with Crippen molar-refractivity contribution >= 4 is 57.2 Å². The van der Waals surface area contributed by atoms with E-state index >= 15 is 0 Å². The first-order valence-electron chi connectivity index (χ1n) is 27.4. The van der Waals surface area contributed by atoms with Crippen LogP contribution in [0.1, 0.15) is 194 Å². The Morgan fingerprint density at radius 2 is 1.00 bits per heavy atom. The first kappa shape index (κ1) is 41.9. The van der Waals surface area contributed by atoms with Gasteiger partial charge in [-0.2, -0.15) is 0 Å². The maximum Gasteiger partial charge on any atom is 0.252 e. The Hall–Kier alpha value is -5.02. The molecule has 2 nitrogen and oxygen atoms in total. The highest BCUT2D eigenvalue weighted by Gasteiger charge is 2.49. The van der Waals surface area contributed by atoms with Gasteiger partial charge in [0.1, 0.15) is 0 Å². The number of rotatable bonds is 4. The molecule has 0 aromatic heterocycles. The van der Waals surface area contributed by atoms with E-state index in [1.165, 1.54) is 77.7 Å². The Morgan fingerprint density at radius 1 is 0.471 bits per heavy atom. The first-order chi connectivity index (χ1) is 32.9. The predicted molar refractivity (Wildman–Crippen MR) is 294 cm³/mol. The van der Waals surface area contributed by atoms with Gasteiger partial charge in [0.25, 0.3) is 6.71 Å². The SMILES string of the molecule is [2H]C([2H])([2H])c1cc2c3c(c1)N(c1ccc4c(c1C)C(C)(C)CC4(C)C)c1cc(C(C)(C)c4ccccc4)ccc1B3c1cc3c(cc1N2c1cc2c(cc1C)C(C)(C)CCC2(C)C)C(C)(C)CCC3(C)C. The summed E-state index contributed by atoms with van der Waals surface area (Å²) in [6, 6.07) is 37.2. The van der Waals surface area contributed by atoms with Crippen molar-refractivity contribution in [2.45, 2.75) is 188 Å². The molecule has 3 heteroatoms. The van der Waals surface area contributed by atoms with Crippen molar-refractivity contribution in [3.8, 4) is 0 Å². The number of hydrogen-bond donors (Lipinski definition) is 0. The summed E-state index contributed by atoms with van der Waals surface area (Å²) < 4.78 is 27.9. The van der Waals surface area contributed by atoms with Gasteiger partial charge < -0.3 is 9.80 Å². The zero-order valence-corrected chi connectivity index (χ0v) is 44.2. The van der Waals surface area contributed by atoms with Crippen LogP contribution < -0.4 is 26.2 Å².